The van der Waals surface area contributed by atoms with Gasteiger partial charge in [-0.15, -0.1) is 22.9 Å². The van der Waals surface area contributed by atoms with Gasteiger partial charge in [0.05, 0.1) is 15.2 Å². The van der Waals surface area contributed by atoms with E-state index in [-0.39, 0.29) is 11.4 Å². The van der Waals surface area contributed by atoms with E-state index in [4.69, 9.17) is 11.6 Å². The van der Waals surface area contributed by atoms with Crippen LogP contribution in [-0.4, -0.2) is 13.8 Å². The number of fused-ring (bicyclic) bond motifs is 1. The van der Waals surface area contributed by atoms with Crippen molar-refractivity contribution >= 4 is 48.9 Å². The second kappa shape index (κ2) is 5.66. The topological polar surface area (TPSA) is 46.2 Å². The minimum Gasteiger partial charge on any atom is -0.206 e. The van der Waals surface area contributed by atoms with Crippen LogP contribution >= 0.6 is 38.9 Å². The molecule has 0 fully saturated rings. The van der Waals surface area contributed by atoms with E-state index in [1.165, 1.54) is 11.3 Å². The normalized spacial score (nSPS) is 21.5. The average molecular weight is 407 g/mol. The van der Waals surface area contributed by atoms with Crippen molar-refractivity contribution in [1.29, 1.82) is 0 Å². The third kappa shape index (κ3) is 2.92. The molecule has 1 aromatic heterocycles. The Morgan fingerprint density at radius 3 is 2.76 bits per heavy atom. The smallest absolute Gasteiger partial charge is 0.206 e. The van der Waals surface area contributed by atoms with Gasteiger partial charge in [-0.2, -0.15) is 0 Å². The molecule has 1 aromatic carbocycles. The fourth-order valence-electron chi connectivity index (χ4n) is 2.47. The Hall–Kier alpha value is -0.400. The Labute approximate surface area is 141 Å². The molecule has 1 aliphatic rings. The molecule has 3 rings (SSSR count). The molecule has 0 saturated carbocycles. The van der Waals surface area contributed by atoms with E-state index in [2.05, 4.69) is 20.7 Å². The lowest BCUT2D eigenvalue weighted by molar-refractivity contribution is 0.558. The molecule has 0 radical (unpaired) electrons. The maximum Gasteiger partial charge on any atom is 0.250 e. The maximum atomic E-state index is 12.5. The molecular weight excluding hydrogens is 394 g/mol. The molecule has 2 unspecified atom stereocenters. The van der Waals surface area contributed by atoms with Gasteiger partial charge in [-0.1, -0.05) is 24.3 Å². The zero-order valence-electron chi connectivity index (χ0n) is 11.1. The molecule has 1 aliphatic carbocycles. The summed E-state index contributed by atoms with van der Waals surface area (Å²) < 4.78 is 28.9. The van der Waals surface area contributed by atoms with Crippen LogP contribution in [0.15, 0.2) is 38.3 Å². The summed E-state index contributed by atoms with van der Waals surface area (Å²) in [5.41, 5.74) is 2.98. The van der Waals surface area contributed by atoms with Crippen LogP contribution in [0.1, 0.15) is 22.7 Å². The summed E-state index contributed by atoms with van der Waals surface area (Å²) in [6, 6.07) is 9.06. The van der Waals surface area contributed by atoms with E-state index in [1.54, 1.807) is 6.07 Å². The van der Waals surface area contributed by atoms with Gasteiger partial charge in [-0.3, -0.25) is 0 Å². The summed E-state index contributed by atoms with van der Waals surface area (Å²) in [6.45, 7) is 1.87. The first-order chi connectivity index (χ1) is 9.88. The summed E-state index contributed by atoms with van der Waals surface area (Å²) in [5, 5.41) is -0.262. The minimum atomic E-state index is -3.57. The van der Waals surface area contributed by atoms with Crippen LogP contribution in [0, 0.1) is 6.92 Å². The molecule has 0 spiro atoms. The summed E-state index contributed by atoms with van der Waals surface area (Å²) in [5.74, 6) is 0. The van der Waals surface area contributed by atoms with Crippen molar-refractivity contribution in [3.05, 3.63) is 50.8 Å². The van der Waals surface area contributed by atoms with Crippen molar-refractivity contribution in [2.75, 3.05) is 0 Å². The summed E-state index contributed by atoms with van der Waals surface area (Å²) in [7, 11) is -3.57. The number of hydrogen-bond donors (Lipinski definition) is 1. The summed E-state index contributed by atoms with van der Waals surface area (Å²) >= 11 is 10.9. The van der Waals surface area contributed by atoms with Gasteiger partial charge >= 0.3 is 0 Å². The number of sulfonamides is 1. The highest BCUT2D eigenvalue weighted by Crippen LogP contribution is 2.37. The van der Waals surface area contributed by atoms with E-state index in [1.807, 2.05) is 31.2 Å². The van der Waals surface area contributed by atoms with E-state index >= 15 is 0 Å². The second-order valence-corrected chi connectivity index (χ2v) is 9.91. The molecule has 7 heteroatoms. The van der Waals surface area contributed by atoms with Crippen molar-refractivity contribution in [2.24, 2.45) is 0 Å². The molecular formula is C14H13BrClNO2S2. The SMILES string of the molecule is Cc1cc(S(=O)(=O)NC2c3ccccc3CC2Cl)sc1Br. The molecule has 1 heterocycles. The standard InChI is InChI=1S/C14H13BrClNO2S2/c1-8-6-12(20-14(8)15)21(18,19)17-13-10-5-3-2-4-9(10)7-11(13)16/h2-6,11,13,17H,7H2,1H3. The lowest BCUT2D eigenvalue weighted by Gasteiger charge is -2.16. The van der Waals surface area contributed by atoms with Gasteiger partial charge in [0.1, 0.15) is 4.21 Å². The number of nitrogens with one attached hydrogen (secondary N) is 1. The van der Waals surface area contributed by atoms with Gasteiger partial charge in [-0.25, -0.2) is 13.1 Å². The molecule has 0 aliphatic heterocycles. The van der Waals surface area contributed by atoms with Crippen LogP contribution in [0.4, 0.5) is 0 Å². The third-order valence-corrected chi connectivity index (χ3v) is 8.01. The Morgan fingerprint density at radius 1 is 1.38 bits per heavy atom. The van der Waals surface area contributed by atoms with E-state index in [0.717, 1.165) is 20.5 Å². The first-order valence-electron chi connectivity index (χ1n) is 6.38. The Balaban J connectivity index is 1.93. The van der Waals surface area contributed by atoms with Crippen LogP contribution in [0.5, 0.6) is 0 Å². The molecule has 2 atom stereocenters. The van der Waals surface area contributed by atoms with Gasteiger partial charge in [0.2, 0.25) is 0 Å². The fourth-order valence-corrected chi connectivity index (χ4v) is 6.41. The molecule has 0 amide bonds. The monoisotopic (exact) mass is 405 g/mol. The molecule has 112 valence electrons. The average Bonchev–Trinajstić information content (AvgIpc) is 2.92. The summed E-state index contributed by atoms with van der Waals surface area (Å²) in [6.07, 6.45) is 0.679. The predicted octanol–water partition coefficient (Wildman–Crippen LogP) is 4.00. The number of thiophene rings is 1. The van der Waals surface area contributed by atoms with E-state index in [9.17, 15) is 8.42 Å². The molecule has 2 aromatic rings. The van der Waals surface area contributed by atoms with E-state index in [0.29, 0.717) is 10.6 Å². The maximum absolute atomic E-state index is 12.5. The van der Waals surface area contributed by atoms with Crippen molar-refractivity contribution in [2.45, 2.75) is 29.0 Å². The quantitative estimate of drug-likeness (QED) is 0.783. The number of aryl methyl sites for hydroxylation is 1. The van der Waals surface area contributed by atoms with Gasteiger partial charge in [0.15, 0.2) is 0 Å². The van der Waals surface area contributed by atoms with Crippen LogP contribution in [0.3, 0.4) is 0 Å². The molecule has 0 saturated heterocycles. The number of rotatable bonds is 3. The highest BCUT2D eigenvalue weighted by atomic mass is 79.9. The highest BCUT2D eigenvalue weighted by molar-refractivity contribution is 9.11. The Morgan fingerprint density at radius 2 is 2.10 bits per heavy atom. The Bertz CT molecular complexity index is 769. The lowest BCUT2D eigenvalue weighted by atomic mass is 10.1. The molecule has 1 N–H and O–H groups in total. The zero-order chi connectivity index (χ0) is 15.2. The van der Waals surface area contributed by atoms with E-state index < -0.39 is 10.0 Å². The predicted molar refractivity (Wildman–Crippen MR) is 89.6 cm³/mol. The number of benzene rings is 1. The number of hydrogen-bond acceptors (Lipinski definition) is 3. The van der Waals surface area contributed by atoms with Gasteiger partial charge < -0.3 is 0 Å². The molecule has 0 bridgehead atoms. The number of halogens is 2. The van der Waals surface area contributed by atoms with Crippen molar-refractivity contribution in [3.8, 4) is 0 Å². The van der Waals surface area contributed by atoms with Gasteiger partial charge in [-0.05, 0) is 52.0 Å². The number of alkyl halides is 1. The van der Waals surface area contributed by atoms with Crippen molar-refractivity contribution in [1.82, 2.24) is 4.72 Å². The lowest BCUT2D eigenvalue weighted by Crippen LogP contribution is -2.31. The first-order valence-corrected chi connectivity index (χ1v) is 9.91. The minimum absolute atomic E-state index is 0.262. The molecule has 21 heavy (non-hydrogen) atoms. The van der Waals surface area contributed by atoms with Gasteiger partial charge in [0.25, 0.3) is 10.0 Å². The fraction of sp³-hybridized carbons (Fsp3) is 0.286. The first kappa shape index (κ1) is 15.5. The van der Waals surface area contributed by atoms with Crippen LogP contribution in [0.2, 0.25) is 0 Å². The highest BCUT2D eigenvalue weighted by Gasteiger charge is 2.34. The zero-order valence-corrected chi connectivity index (χ0v) is 15.1. The van der Waals surface area contributed by atoms with Gasteiger partial charge in [0, 0.05) is 0 Å². The van der Waals surface area contributed by atoms with Crippen LogP contribution in [-0.2, 0) is 16.4 Å². The van der Waals surface area contributed by atoms with Crippen LogP contribution < -0.4 is 4.72 Å². The van der Waals surface area contributed by atoms with Crippen LogP contribution in [0.25, 0.3) is 0 Å². The third-order valence-electron chi connectivity index (χ3n) is 3.55. The second-order valence-electron chi connectivity index (χ2n) is 5.04. The van der Waals surface area contributed by atoms with Crippen molar-refractivity contribution < 1.29 is 8.42 Å². The largest absolute Gasteiger partial charge is 0.250 e. The molecule has 3 nitrogen and oxygen atoms in total. The Kier molecular flexibility index (Phi) is 4.18. The van der Waals surface area contributed by atoms with Crippen molar-refractivity contribution in [3.63, 3.8) is 0 Å². The summed E-state index contributed by atoms with van der Waals surface area (Å²) in [4.78, 5) is 0.